The molecular formula is C19H16BrN3O4S. The summed E-state index contributed by atoms with van der Waals surface area (Å²) in [5, 5.41) is 12.2. The summed E-state index contributed by atoms with van der Waals surface area (Å²) in [5.41, 5.74) is 0.695. The van der Waals surface area contributed by atoms with E-state index in [4.69, 9.17) is 5.14 Å². The second-order valence-electron chi connectivity index (χ2n) is 6.01. The van der Waals surface area contributed by atoms with Gasteiger partial charge < -0.3 is 10.6 Å². The van der Waals surface area contributed by atoms with E-state index in [0.717, 1.165) is 21.3 Å². The highest BCUT2D eigenvalue weighted by Gasteiger charge is 2.13. The Hall–Kier alpha value is -2.75. The maximum atomic E-state index is 12.2. The van der Waals surface area contributed by atoms with E-state index < -0.39 is 21.8 Å². The Morgan fingerprint density at radius 2 is 1.68 bits per heavy atom. The largest absolute Gasteiger partial charge is 0.343 e. The third-order valence-corrected chi connectivity index (χ3v) is 5.32. The zero-order valence-electron chi connectivity index (χ0n) is 14.5. The molecule has 0 atom stereocenters. The molecule has 0 spiro atoms. The van der Waals surface area contributed by atoms with Crippen LogP contribution in [-0.4, -0.2) is 26.8 Å². The van der Waals surface area contributed by atoms with Crippen molar-refractivity contribution in [2.45, 2.75) is 4.90 Å². The van der Waals surface area contributed by atoms with Crippen molar-refractivity contribution in [1.82, 2.24) is 5.32 Å². The number of nitrogens with two attached hydrogens (primary N) is 1. The predicted octanol–water partition coefficient (Wildman–Crippen LogP) is 2.62. The first-order valence-electron chi connectivity index (χ1n) is 8.12. The molecule has 0 saturated carbocycles. The second-order valence-corrected chi connectivity index (χ2v) is 8.49. The zero-order valence-corrected chi connectivity index (χ0v) is 16.9. The predicted molar refractivity (Wildman–Crippen MR) is 110 cm³/mol. The van der Waals surface area contributed by atoms with Crippen LogP contribution >= 0.6 is 15.9 Å². The molecule has 3 aromatic rings. The molecule has 7 nitrogen and oxygen atoms in total. The minimum Gasteiger partial charge on any atom is -0.343 e. The van der Waals surface area contributed by atoms with Crippen molar-refractivity contribution in [3.63, 3.8) is 0 Å². The number of amides is 2. The van der Waals surface area contributed by atoms with Crippen molar-refractivity contribution < 1.29 is 18.0 Å². The lowest BCUT2D eigenvalue weighted by atomic mass is 10.1. The maximum Gasteiger partial charge on any atom is 0.251 e. The van der Waals surface area contributed by atoms with Crippen molar-refractivity contribution in [3.05, 3.63) is 70.7 Å². The molecule has 0 aliphatic rings. The van der Waals surface area contributed by atoms with Gasteiger partial charge in [0, 0.05) is 15.7 Å². The first kappa shape index (κ1) is 20.0. The van der Waals surface area contributed by atoms with E-state index >= 15 is 0 Å². The molecule has 9 heteroatoms. The van der Waals surface area contributed by atoms with Crippen molar-refractivity contribution in [1.29, 1.82) is 0 Å². The van der Waals surface area contributed by atoms with Crippen LogP contribution in [0.4, 0.5) is 5.69 Å². The number of hydrogen-bond donors (Lipinski definition) is 3. The third-order valence-electron chi connectivity index (χ3n) is 3.92. The van der Waals surface area contributed by atoms with Crippen LogP contribution in [0, 0.1) is 0 Å². The maximum absolute atomic E-state index is 12.2. The molecule has 3 aromatic carbocycles. The molecule has 0 saturated heterocycles. The van der Waals surface area contributed by atoms with Gasteiger partial charge in [-0.1, -0.05) is 34.1 Å². The topological polar surface area (TPSA) is 118 Å². The summed E-state index contributed by atoms with van der Waals surface area (Å²) >= 11 is 3.41. The standard InChI is InChI=1S/C19H16BrN3O4S/c20-15-6-4-13-9-16(7-5-12(13)8-15)23-18(24)11-22-19(25)14-2-1-3-17(10-14)28(21,26)27/h1-10H,11H2,(H,22,25)(H,23,24)(H2,21,26,27). The molecule has 0 aliphatic carbocycles. The Kier molecular flexibility index (Phi) is 5.78. The normalized spacial score (nSPS) is 11.2. The van der Waals surface area contributed by atoms with E-state index in [2.05, 4.69) is 26.6 Å². The lowest BCUT2D eigenvalue weighted by Gasteiger charge is -2.09. The molecule has 0 heterocycles. The Labute approximate surface area is 170 Å². The molecule has 0 bridgehead atoms. The van der Waals surface area contributed by atoms with Gasteiger partial charge in [0.2, 0.25) is 15.9 Å². The monoisotopic (exact) mass is 461 g/mol. The molecule has 0 fully saturated rings. The van der Waals surface area contributed by atoms with E-state index in [1.54, 1.807) is 6.07 Å². The van der Waals surface area contributed by atoms with E-state index in [1.165, 1.54) is 18.2 Å². The molecule has 0 radical (unpaired) electrons. The minimum absolute atomic E-state index is 0.0932. The van der Waals surface area contributed by atoms with Crippen molar-refractivity contribution >= 4 is 54.2 Å². The van der Waals surface area contributed by atoms with Gasteiger partial charge in [0.1, 0.15) is 0 Å². The van der Waals surface area contributed by atoms with Crippen molar-refractivity contribution in [3.8, 4) is 0 Å². The first-order valence-corrected chi connectivity index (χ1v) is 10.5. The fourth-order valence-electron chi connectivity index (χ4n) is 2.58. The van der Waals surface area contributed by atoms with Crippen LogP contribution in [0.2, 0.25) is 0 Å². The number of carbonyl (C=O) groups excluding carboxylic acids is 2. The van der Waals surface area contributed by atoms with Gasteiger partial charge in [-0.25, -0.2) is 13.6 Å². The first-order chi connectivity index (χ1) is 13.2. The van der Waals surface area contributed by atoms with Gasteiger partial charge in [0.25, 0.3) is 5.91 Å². The molecule has 0 aromatic heterocycles. The molecule has 4 N–H and O–H groups in total. The van der Waals surface area contributed by atoms with E-state index in [-0.39, 0.29) is 17.0 Å². The number of rotatable bonds is 5. The smallest absolute Gasteiger partial charge is 0.251 e. The van der Waals surface area contributed by atoms with Gasteiger partial charge in [-0.2, -0.15) is 0 Å². The summed E-state index contributed by atoms with van der Waals surface area (Å²) in [6.45, 7) is -0.267. The number of fused-ring (bicyclic) bond motifs is 1. The fourth-order valence-corrected chi connectivity index (χ4v) is 3.51. The molecule has 28 heavy (non-hydrogen) atoms. The number of carbonyl (C=O) groups is 2. The lowest BCUT2D eigenvalue weighted by Crippen LogP contribution is -2.33. The van der Waals surface area contributed by atoms with Crippen LogP contribution < -0.4 is 15.8 Å². The Morgan fingerprint density at radius 1 is 0.964 bits per heavy atom. The van der Waals surface area contributed by atoms with Crippen LogP contribution in [0.3, 0.4) is 0 Å². The molecule has 144 valence electrons. The Balaban J connectivity index is 1.63. The van der Waals surface area contributed by atoms with Crippen LogP contribution in [0.25, 0.3) is 10.8 Å². The van der Waals surface area contributed by atoms with Gasteiger partial charge in [0.15, 0.2) is 0 Å². The van der Waals surface area contributed by atoms with E-state index in [0.29, 0.717) is 5.69 Å². The Morgan fingerprint density at radius 3 is 2.43 bits per heavy atom. The molecular weight excluding hydrogens is 446 g/mol. The van der Waals surface area contributed by atoms with Crippen molar-refractivity contribution in [2.24, 2.45) is 5.14 Å². The molecule has 3 rings (SSSR count). The third kappa shape index (κ3) is 4.94. The number of sulfonamides is 1. The summed E-state index contributed by atoms with van der Waals surface area (Å²) in [4.78, 5) is 24.1. The zero-order chi connectivity index (χ0) is 20.3. The number of anilines is 1. The quantitative estimate of drug-likeness (QED) is 0.540. The van der Waals surface area contributed by atoms with Gasteiger partial charge >= 0.3 is 0 Å². The van der Waals surface area contributed by atoms with Crippen molar-refractivity contribution in [2.75, 3.05) is 11.9 Å². The highest BCUT2D eigenvalue weighted by atomic mass is 79.9. The second kappa shape index (κ2) is 8.09. The summed E-state index contributed by atoms with van der Waals surface area (Å²) in [6.07, 6.45) is 0. The highest BCUT2D eigenvalue weighted by Crippen LogP contribution is 2.22. The van der Waals surface area contributed by atoms with Gasteiger partial charge in [-0.05, 0) is 53.2 Å². The molecule has 2 amide bonds. The van der Waals surface area contributed by atoms with Crippen LogP contribution in [0.15, 0.2) is 70.0 Å². The molecule has 0 aliphatic heterocycles. The van der Waals surface area contributed by atoms with Gasteiger partial charge in [0.05, 0.1) is 11.4 Å². The average Bonchev–Trinajstić information content (AvgIpc) is 2.65. The Bertz CT molecular complexity index is 1180. The highest BCUT2D eigenvalue weighted by molar-refractivity contribution is 9.10. The average molecular weight is 462 g/mol. The SMILES string of the molecule is NS(=O)(=O)c1cccc(C(=O)NCC(=O)Nc2ccc3cc(Br)ccc3c2)c1. The van der Waals surface area contributed by atoms with E-state index in [9.17, 15) is 18.0 Å². The summed E-state index contributed by atoms with van der Waals surface area (Å²) in [7, 11) is -3.91. The van der Waals surface area contributed by atoms with Crippen LogP contribution in [0.5, 0.6) is 0 Å². The number of hydrogen-bond acceptors (Lipinski definition) is 4. The number of benzene rings is 3. The van der Waals surface area contributed by atoms with Crippen LogP contribution in [0.1, 0.15) is 10.4 Å². The summed E-state index contributed by atoms with van der Waals surface area (Å²) in [5.74, 6) is -0.989. The summed E-state index contributed by atoms with van der Waals surface area (Å²) in [6, 6.07) is 16.6. The number of nitrogens with one attached hydrogen (secondary N) is 2. The van der Waals surface area contributed by atoms with Gasteiger partial charge in [-0.3, -0.25) is 9.59 Å². The van der Waals surface area contributed by atoms with E-state index in [1.807, 2.05) is 30.3 Å². The number of halogens is 1. The fraction of sp³-hybridized carbons (Fsp3) is 0.0526. The molecule has 0 unspecified atom stereocenters. The summed E-state index contributed by atoms with van der Waals surface area (Å²) < 4.78 is 23.7. The lowest BCUT2D eigenvalue weighted by molar-refractivity contribution is -0.115. The minimum atomic E-state index is -3.91. The van der Waals surface area contributed by atoms with Gasteiger partial charge in [-0.15, -0.1) is 0 Å². The van der Waals surface area contributed by atoms with Crippen LogP contribution in [-0.2, 0) is 14.8 Å². The number of primary sulfonamides is 1.